The van der Waals surface area contributed by atoms with Crippen molar-refractivity contribution in [1.29, 1.82) is 0 Å². The average Bonchev–Trinajstić information content (AvgIpc) is 2.81. The maximum atomic E-state index is 11.7. The molecule has 3 aliphatic carbocycles. The first-order chi connectivity index (χ1) is 9.53. The first-order valence-electron chi connectivity index (χ1n) is 8.19. The Bertz CT molecular complexity index is 520. The Balaban J connectivity index is 1.68. The van der Waals surface area contributed by atoms with Gasteiger partial charge in [0.05, 0.1) is 0 Å². The fraction of sp³-hybridized carbons (Fsp3) is 0.722. The second-order valence-corrected chi connectivity index (χ2v) is 7.91. The third-order valence-electron chi connectivity index (χ3n) is 6.96. The summed E-state index contributed by atoms with van der Waals surface area (Å²) in [6.45, 7) is 5.75. The summed E-state index contributed by atoms with van der Waals surface area (Å²) in [6.07, 6.45) is 13.0. The van der Waals surface area contributed by atoms with Crippen LogP contribution < -0.4 is 5.32 Å². The molecule has 1 saturated heterocycles. The third-order valence-corrected chi connectivity index (χ3v) is 6.96. The molecule has 108 valence electrons. The van der Waals surface area contributed by atoms with E-state index >= 15 is 0 Å². The van der Waals surface area contributed by atoms with Gasteiger partial charge in [-0.2, -0.15) is 0 Å². The standard InChI is InChI=1S/C18H25NO/c1-17-8-3-4-14(17)13-6-5-12-10-16(20)19-11-18(12,2)15(13)7-9-17/h3-4,8,12-13,15H,5-7,9-11H2,1-2H3,(H,19,20). The van der Waals surface area contributed by atoms with Gasteiger partial charge in [0, 0.05) is 18.4 Å². The van der Waals surface area contributed by atoms with Crippen molar-refractivity contribution < 1.29 is 4.79 Å². The first-order valence-corrected chi connectivity index (χ1v) is 8.19. The summed E-state index contributed by atoms with van der Waals surface area (Å²) in [5, 5.41) is 3.15. The van der Waals surface area contributed by atoms with Crippen LogP contribution in [-0.2, 0) is 4.79 Å². The maximum absolute atomic E-state index is 11.7. The van der Waals surface area contributed by atoms with E-state index in [1.54, 1.807) is 5.57 Å². The van der Waals surface area contributed by atoms with Crippen LogP contribution in [0.3, 0.4) is 0 Å². The molecule has 1 N–H and O–H groups in total. The summed E-state index contributed by atoms with van der Waals surface area (Å²) in [4.78, 5) is 11.7. The van der Waals surface area contributed by atoms with Gasteiger partial charge < -0.3 is 5.32 Å². The average molecular weight is 271 g/mol. The second kappa shape index (κ2) is 3.99. The van der Waals surface area contributed by atoms with Crippen molar-refractivity contribution in [3.05, 3.63) is 23.8 Å². The molecular weight excluding hydrogens is 246 g/mol. The molecule has 1 aliphatic heterocycles. The summed E-state index contributed by atoms with van der Waals surface area (Å²) >= 11 is 0. The second-order valence-electron chi connectivity index (χ2n) is 7.91. The lowest BCUT2D eigenvalue weighted by Crippen LogP contribution is -2.57. The van der Waals surface area contributed by atoms with E-state index in [4.69, 9.17) is 0 Å². The summed E-state index contributed by atoms with van der Waals surface area (Å²) in [6, 6.07) is 0. The molecule has 2 heteroatoms. The molecule has 0 radical (unpaired) electrons. The van der Waals surface area contributed by atoms with E-state index < -0.39 is 0 Å². The number of hydrogen-bond donors (Lipinski definition) is 1. The van der Waals surface area contributed by atoms with E-state index in [2.05, 4.69) is 37.4 Å². The topological polar surface area (TPSA) is 29.1 Å². The summed E-state index contributed by atoms with van der Waals surface area (Å²) in [5.41, 5.74) is 2.34. The molecular formula is C18H25NO. The van der Waals surface area contributed by atoms with Crippen molar-refractivity contribution in [1.82, 2.24) is 5.32 Å². The summed E-state index contributed by atoms with van der Waals surface area (Å²) in [5.74, 6) is 2.39. The highest BCUT2D eigenvalue weighted by Gasteiger charge is 2.55. The Hall–Kier alpha value is -1.05. The van der Waals surface area contributed by atoms with Crippen LogP contribution in [0.25, 0.3) is 0 Å². The SMILES string of the molecule is CC12C=CC=C1C1CCC3CC(=O)NCC3(C)C1CC2. The zero-order valence-corrected chi connectivity index (χ0v) is 12.6. The van der Waals surface area contributed by atoms with Gasteiger partial charge in [0.15, 0.2) is 0 Å². The Morgan fingerprint density at radius 1 is 1.25 bits per heavy atom. The summed E-state index contributed by atoms with van der Waals surface area (Å²) < 4.78 is 0. The highest BCUT2D eigenvalue weighted by atomic mass is 16.1. The molecule has 4 aliphatic rings. The van der Waals surface area contributed by atoms with Gasteiger partial charge >= 0.3 is 0 Å². The molecule has 1 amide bonds. The number of carbonyl (C=O) groups excluding carboxylic acids is 1. The molecule has 2 nitrogen and oxygen atoms in total. The lowest BCUT2D eigenvalue weighted by Gasteiger charge is -2.57. The lowest BCUT2D eigenvalue weighted by molar-refractivity contribution is -0.132. The number of piperidine rings is 1. The Labute approximate surface area is 121 Å². The molecule has 20 heavy (non-hydrogen) atoms. The predicted molar refractivity (Wildman–Crippen MR) is 80.0 cm³/mol. The minimum atomic E-state index is 0.272. The molecule has 0 aromatic rings. The largest absolute Gasteiger partial charge is 0.356 e. The Morgan fingerprint density at radius 2 is 2.10 bits per heavy atom. The van der Waals surface area contributed by atoms with Gasteiger partial charge in [-0.05, 0) is 48.9 Å². The van der Waals surface area contributed by atoms with Crippen molar-refractivity contribution in [3.63, 3.8) is 0 Å². The van der Waals surface area contributed by atoms with Gasteiger partial charge in [-0.25, -0.2) is 0 Å². The van der Waals surface area contributed by atoms with E-state index in [1.165, 1.54) is 25.7 Å². The van der Waals surface area contributed by atoms with E-state index in [-0.39, 0.29) is 5.91 Å². The monoisotopic (exact) mass is 271 g/mol. The predicted octanol–water partition coefficient (Wildman–Crippen LogP) is 3.45. The smallest absolute Gasteiger partial charge is 0.220 e. The number of nitrogens with one attached hydrogen (secondary N) is 1. The van der Waals surface area contributed by atoms with Crippen LogP contribution in [0, 0.1) is 28.6 Å². The fourth-order valence-corrected chi connectivity index (χ4v) is 5.65. The van der Waals surface area contributed by atoms with E-state index in [0.717, 1.165) is 24.8 Å². The number of hydrogen-bond acceptors (Lipinski definition) is 1. The first kappa shape index (κ1) is 12.7. The van der Waals surface area contributed by atoms with Crippen LogP contribution >= 0.6 is 0 Å². The minimum Gasteiger partial charge on any atom is -0.356 e. The highest BCUT2D eigenvalue weighted by molar-refractivity contribution is 5.77. The van der Waals surface area contributed by atoms with Gasteiger partial charge in [0.1, 0.15) is 0 Å². The zero-order valence-electron chi connectivity index (χ0n) is 12.6. The Kier molecular flexibility index (Phi) is 2.53. The molecule has 0 aromatic heterocycles. The van der Waals surface area contributed by atoms with E-state index in [9.17, 15) is 4.79 Å². The quantitative estimate of drug-likeness (QED) is 0.718. The molecule has 2 saturated carbocycles. The van der Waals surface area contributed by atoms with Crippen molar-refractivity contribution in [3.8, 4) is 0 Å². The molecule has 3 fully saturated rings. The molecule has 0 aromatic carbocycles. The summed E-state index contributed by atoms with van der Waals surface area (Å²) in [7, 11) is 0. The van der Waals surface area contributed by atoms with Crippen LogP contribution in [0.2, 0.25) is 0 Å². The van der Waals surface area contributed by atoms with E-state index in [0.29, 0.717) is 16.7 Å². The van der Waals surface area contributed by atoms with Crippen LogP contribution in [-0.4, -0.2) is 12.5 Å². The lowest BCUT2D eigenvalue weighted by atomic mass is 9.48. The van der Waals surface area contributed by atoms with Gasteiger partial charge in [0.2, 0.25) is 5.91 Å². The van der Waals surface area contributed by atoms with E-state index in [1.807, 2.05) is 0 Å². The Morgan fingerprint density at radius 3 is 2.95 bits per heavy atom. The maximum Gasteiger partial charge on any atom is 0.220 e. The van der Waals surface area contributed by atoms with Crippen molar-refractivity contribution >= 4 is 5.91 Å². The van der Waals surface area contributed by atoms with Gasteiger partial charge in [-0.1, -0.05) is 37.6 Å². The number of fused-ring (bicyclic) bond motifs is 5. The van der Waals surface area contributed by atoms with Gasteiger partial charge in [-0.15, -0.1) is 0 Å². The van der Waals surface area contributed by atoms with Crippen LogP contribution in [0.15, 0.2) is 23.8 Å². The van der Waals surface area contributed by atoms with Crippen molar-refractivity contribution in [2.24, 2.45) is 28.6 Å². The van der Waals surface area contributed by atoms with Gasteiger partial charge in [0.25, 0.3) is 0 Å². The number of carbonyl (C=O) groups is 1. The minimum absolute atomic E-state index is 0.272. The van der Waals surface area contributed by atoms with Crippen LogP contribution in [0.1, 0.15) is 46.0 Å². The number of allylic oxidation sites excluding steroid dienone is 4. The molecule has 5 atom stereocenters. The van der Waals surface area contributed by atoms with Gasteiger partial charge in [-0.3, -0.25) is 4.79 Å². The highest BCUT2D eigenvalue weighted by Crippen LogP contribution is 2.61. The number of amides is 1. The fourth-order valence-electron chi connectivity index (χ4n) is 5.65. The van der Waals surface area contributed by atoms with Crippen LogP contribution in [0.5, 0.6) is 0 Å². The molecule has 4 rings (SSSR count). The zero-order chi connectivity index (χ0) is 14.0. The van der Waals surface area contributed by atoms with Crippen molar-refractivity contribution in [2.45, 2.75) is 46.0 Å². The number of rotatable bonds is 0. The third kappa shape index (κ3) is 1.54. The molecule has 1 heterocycles. The molecule has 5 unspecified atom stereocenters. The van der Waals surface area contributed by atoms with Crippen molar-refractivity contribution in [2.75, 3.05) is 6.54 Å². The molecule has 0 bridgehead atoms. The molecule has 0 spiro atoms. The van der Waals surface area contributed by atoms with Crippen LogP contribution in [0.4, 0.5) is 0 Å². The normalized spacial score (nSPS) is 49.8.